The van der Waals surface area contributed by atoms with Crippen LogP contribution in [-0.4, -0.2) is 25.7 Å². The Balaban J connectivity index is 2.22. The fourth-order valence-corrected chi connectivity index (χ4v) is 2.76. The minimum Gasteiger partial charge on any atom is -0.462 e. The molecule has 0 saturated carbocycles. The van der Waals surface area contributed by atoms with Gasteiger partial charge in [-0.1, -0.05) is 11.6 Å². The maximum absolute atomic E-state index is 14.3. The molecule has 2 rings (SSSR count). The van der Waals surface area contributed by atoms with Crippen LogP contribution in [0.2, 0.25) is 5.02 Å². The topological polar surface area (TPSA) is 53.3 Å². The van der Waals surface area contributed by atoms with Crippen LogP contribution in [0.4, 0.5) is 10.1 Å². The van der Waals surface area contributed by atoms with Crippen LogP contribution in [0.25, 0.3) is 0 Å². The Hall–Kier alpha value is -1.80. The number of benzene rings is 1. The smallest absolute Gasteiger partial charge is 0.338 e. The van der Waals surface area contributed by atoms with E-state index >= 15 is 0 Å². The molecule has 1 aromatic rings. The van der Waals surface area contributed by atoms with Gasteiger partial charge in [-0.05, 0) is 31.9 Å². The lowest BCUT2D eigenvalue weighted by Gasteiger charge is -2.32. The predicted octanol–water partition coefficient (Wildman–Crippen LogP) is 3.40. The Labute approximate surface area is 128 Å². The molecule has 1 heterocycles. The number of carbonyl (C=O) groups is 1. The van der Waals surface area contributed by atoms with Gasteiger partial charge in [0.1, 0.15) is 5.82 Å². The third-order valence-electron chi connectivity index (χ3n) is 3.52. The van der Waals surface area contributed by atoms with Gasteiger partial charge in [0, 0.05) is 19.0 Å². The summed E-state index contributed by atoms with van der Waals surface area (Å²) in [7, 11) is 0. The number of nitriles is 1. The van der Waals surface area contributed by atoms with Crippen LogP contribution in [-0.2, 0) is 4.74 Å². The van der Waals surface area contributed by atoms with E-state index in [1.165, 1.54) is 6.07 Å². The summed E-state index contributed by atoms with van der Waals surface area (Å²) in [5, 5.41) is 9.07. The molecule has 0 bridgehead atoms. The van der Waals surface area contributed by atoms with Crippen LogP contribution in [0.1, 0.15) is 30.1 Å². The van der Waals surface area contributed by atoms with Gasteiger partial charge in [-0.3, -0.25) is 0 Å². The first-order valence-corrected chi connectivity index (χ1v) is 7.25. The number of rotatable bonds is 3. The predicted molar refractivity (Wildman–Crippen MR) is 77.9 cm³/mol. The molecule has 1 aromatic carbocycles. The number of anilines is 1. The highest BCUT2D eigenvalue weighted by Gasteiger charge is 2.24. The third kappa shape index (κ3) is 3.45. The molecule has 1 aliphatic rings. The molecular formula is C15H16ClFN2O2. The van der Waals surface area contributed by atoms with Crippen molar-refractivity contribution < 1.29 is 13.9 Å². The normalized spacial score (nSPS) is 15.6. The zero-order valence-corrected chi connectivity index (χ0v) is 12.5. The van der Waals surface area contributed by atoms with E-state index in [9.17, 15) is 9.18 Å². The Morgan fingerprint density at radius 3 is 2.71 bits per heavy atom. The second kappa shape index (κ2) is 6.77. The van der Waals surface area contributed by atoms with Gasteiger partial charge in [0.25, 0.3) is 0 Å². The minimum absolute atomic E-state index is 0.0156. The summed E-state index contributed by atoms with van der Waals surface area (Å²) in [5.74, 6) is -1.11. The zero-order valence-electron chi connectivity index (χ0n) is 11.7. The van der Waals surface area contributed by atoms with E-state index in [-0.39, 0.29) is 23.1 Å². The average molecular weight is 311 g/mol. The van der Waals surface area contributed by atoms with Crippen LogP contribution in [0, 0.1) is 23.1 Å². The maximum Gasteiger partial charge on any atom is 0.338 e. The molecule has 6 heteroatoms. The average Bonchev–Trinajstić information content (AvgIpc) is 2.47. The molecule has 0 aliphatic carbocycles. The van der Waals surface area contributed by atoms with E-state index < -0.39 is 11.8 Å². The molecular weight excluding hydrogens is 295 g/mol. The molecule has 1 saturated heterocycles. The summed E-state index contributed by atoms with van der Waals surface area (Å²) < 4.78 is 19.1. The van der Waals surface area contributed by atoms with Crippen molar-refractivity contribution in [2.75, 3.05) is 24.6 Å². The fraction of sp³-hybridized carbons (Fsp3) is 0.467. The van der Waals surface area contributed by atoms with E-state index in [1.54, 1.807) is 6.92 Å². The Bertz CT molecular complexity index is 555. The number of carbonyl (C=O) groups excluding carboxylic acids is 1. The van der Waals surface area contributed by atoms with Crippen LogP contribution in [0.5, 0.6) is 0 Å². The van der Waals surface area contributed by atoms with Gasteiger partial charge < -0.3 is 9.64 Å². The van der Waals surface area contributed by atoms with E-state index in [1.807, 2.05) is 4.90 Å². The van der Waals surface area contributed by atoms with Crippen LogP contribution >= 0.6 is 11.6 Å². The van der Waals surface area contributed by atoms with Crippen molar-refractivity contribution >= 4 is 23.3 Å². The second-order valence-electron chi connectivity index (χ2n) is 4.90. The molecule has 1 aliphatic heterocycles. The summed E-state index contributed by atoms with van der Waals surface area (Å²) in [6.07, 6.45) is 1.37. The highest BCUT2D eigenvalue weighted by Crippen LogP contribution is 2.33. The number of esters is 1. The highest BCUT2D eigenvalue weighted by atomic mass is 35.5. The van der Waals surface area contributed by atoms with Crippen molar-refractivity contribution in [3.8, 4) is 6.07 Å². The standard InChI is InChI=1S/C15H16ClFN2O2/c1-2-21-15(20)11-7-12(16)14(13(17)8-11)19-5-3-10(9-18)4-6-19/h7-8,10H,2-6H2,1H3. The molecule has 0 radical (unpaired) electrons. The lowest BCUT2D eigenvalue weighted by molar-refractivity contribution is 0.0526. The Kier molecular flexibility index (Phi) is 5.03. The van der Waals surface area contributed by atoms with E-state index in [0.717, 1.165) is 6.07 Å². The molecule has 1 fully saturated rings. The van der Waals surface area contributed by atoms with Crippen molar-refractivity contribution in [2.45, 2.75) is 19.8 Å². The fourth-order valence-electron chi connectivity index (χ4n) is 2.43. The molecule has 0 spiro atoms. The molecule has 0 amide bonds. The molecule has 4 nitrogen and oxygen atoms in total. The largest absolute Gasteiger partial charge is 0.462 e. The molecule has 0 unspecified atom stereocenters. The first-order chi connectivity index (χ1) is 10.1. The summed E-state index contributed by atoms with van der Waals surface area (Å²) in [6, 6.07) is 4.80. The van der Waals surface area contributed by atoms with Gasteiger partial charge >= 0.3 is 5.97 Å². The quantitative estimate of drug-likeness (QED) is 0.803. The number of hydrogen-bond donors (Lipinski definition) is 0. The first-order valence-electron chi connectivity index (χ1n) is 6.87. The van der Waals surface area contributed by atoms with Gasteiger partial charge in [0.15, 0.2) is 0 Å². The van der Waals surface area contributed by atoms with Crippen LogP contribution in [0.3, 0.4) is 0 Å². The SMILES string of the molecule is CCOC(=O)c1cc(F)c(N2CCC(C#N)CC2)c(Cl)c1. The van der Waals surface area contributed by atoms with Crippen LogP contribution < -0.4 is 4.90 Å². The number of halogens is 2. The van der Waals surface area contributed by atoms with Crippen molar-refractivity contribution in [3.63, 3.8) is 0 Å². The van der Waals surface area contributed by atoms with E-state index in [0.29, 0.717) is 31.6 Å². The Morgan fingerprint density at radius 1 is 1.52 bits per heavy atom. The summed E-state index contributed by atoms with van der Waals surface area (Å²) >= 11 is 6.13. The first kappa shape index (κ1) is 15.6. The van der Waals surface area contributed by atoms with Gasteiger partial charge in [-0.15, -0.1) is 0 Å². The van der Waals surface area contributed by atoms with Crippen LogP contribution in [0.15, 0.2) is 12.1 Å². The zero-order chi connectivity index (χ0) is 15.4. The lowest BCUT2D eigenvalue weighted by atomic mass is 9.98. The summed E-state index contributed by atoms with van der Waals surface area (Å²) in [6.45, 7) is 3.06. The minimum atomic E-state index is -0.590. The van der Waals surface area contributed by atoms with Gasteiger partial charge in [0.05, 0.1) is 28.9 Å². The van der Waals surface area contributed by atoms with Gasteiger partial charge in [-0.25, -0.2) is 9.18 Å². The highest BCUT2D eigenvalue weighted by molar-refractivity contribution is 6.33. The number of nitrogens with zero attached hydrogens (tertiary/aromatic N) is 2. The summed E-state index contributed by atoms with van der Waals surface area (Å²) in [5.41, 5.74) is 0.399. The lowest BCUT2D eigenvalue weighted by Crippen LogP contribution is -2.34. The third-order valence-corrected chi connectivity index (χ3v) is 3.81. The van der Waals surface area contributed by atoms with Crippen molar-refractivity contribution in [1.82, 2.24) is 0 Å². The van der Waals surface area contributed by atoms with E-state index in [4.69, 9.17) is 21.6 Å². The van der Waals surface area contributed by atoms with E-state index in [2.05, 4.69) is 6.07 Å². The molecule has 0 N–H and O–H groups in total. The number of piperidine rings is 1. The van der Waals surface area contributed by atoms with Crippen molar-refractivity contribution in [3.05, 3.63) is 28.5 Å². The van der Waals surface area contributed by atoms with Crippen molar-refractivity contribution in [2.24, 2.45) is 5.92 Å². The molecule has 21 heavy (non-hydrogen) atoms. The maximum atomic E-state index is 14.3. The van der Waals surface area contributed by atoms with Crippen molar-refractivity contribution in [1.29, 1.82) is 5.26 Å². The summed E-state index contributed by atoms with van der Waals surface area (Å²) in [4.78, 5) is 13.4. The molecule has 0 aromatic heterocycles. The monoisotopic (exact) mass is 310 g/mol. The molecule has 0 atom stereocenters. The second-order valence-corrected chi connectivity index (χ2v) is 5.31. The van der Waals surface area contributed by atoms with Gasteiger partial charge in [0.2, 0.25) is 0 Å². The van der Waals surface area contributed by atoms with Gasteiger partial charge in [-0.2, -0.15) is 5.26 Å². The Morgan fingerprint density at radius 2 is 2.19 bits per heavy atom. The molecule has 112 valence electrons. The number of hydrogen-bond acceptors (Lipinski definition) is 4. The number of ether oxygens (including phenoxy) is 1.